The van der Waals surface area contributed by atoms with Gasteiger partial charge in [-0.2, -0.15) is 0 Å². The molecule has 0 fully saturated rings. The zero-order valence-corrected chi connectivity index (χ0v) is 11.7. The van der Waals surface area contributed by atoms with Gasteiger partial charge < -0.3 is 0 Å². The third-order valence-electron chi connectivity index (χ3n) is 3.21. The number of rotatable bonds is 10. The zero-order chi connectivity index (χ0) is 14.5. The van der Waals surface area contributed by atoms with Gasteiger partial charge in [-0.15, -0.1) is 0 Å². The van der Waals surface area contributed by atoms with Crippen molar-refractivity contribution in [2.24, 2.45) is 9.98 Å². The van der Waals surface area contributed by atoms with E-state index in [0.717, 1.165) is 44.1 Å². The molecule has 0 bridgehead atoms. The predicted molar refractivity (Wildman–Crippen MR) is 78.0 cm³/mol. The number of aryl methyl sites for hydroxylation is 1. The quantitative estimate of drug-likeness (QED) is 0.372. The molecule has 0 aromatic heterocycles. The highest BCUT2D eigenvalue weighted by molar-refractivity contribution is 5.35. The highest BCUT2D eigenvalue weighted by Gasteiger charge is 2.01. The maximum atomic E-state index is 10.2. The maximum Gasteiger partial charge on any atom is 0.235 e. The molecule has 106 valence electrons. The molecule has 0 N–H and O–H groups in total. The lowest BCUT2D eigenvalue weighted by Crippen LogP contribution is -1.93. The molecule has 0 radical (unpaired) electrons. The van der Waals surface area contributed by atoms with E-state index in [9.17, 15) is 9.59 Å². The number of carbonyl (C=O) groups excluding carboxylic acids is 2. The predicted octanol–water partition coefficient (Wildman–Crippen LogP) is 3.35. The molecule has 0 saturated carbocycles. The van der Waals surface area contributed by atoms with Crippen molar-refractivity contribution in [3.05, 3.63) is 35.4 Å². The fraction of sp³-hybridized carbons (Fsp3) is 0.500. The van der Waals surface area contributed by atoms with Gasteiger partial charge in [0.25, 0.3) is 0 Å². The second-order valence-electron chi connectivity index (χ2n) is 4.67. The summed E-state index contributed by atoms with van der Waals surface area (Å²) in [5.41, 5.74) is 2.37. The lowest BCUT2D eigenvalue weighted by Gasteiger charge is -2.06. The van der Waals surface area contributed by atoms with Gasteiger partial charge in [-0.25, -0.2) is 19.6 Å². The summed E-state index contributed by atoms with van der Waals surface area (Å²) < 4.78 is 0. The van der Waals surface area contributed by atoms with Gasteiger partial charge in [0.1, 0.15) is 0 Å². The Morgan fingerprint density at radius 2 is 1.45 bits per heavy atom. The molecule has 1 aromatic rings. The molecule has 0 saturated heterocycles. The molecule has 20 heavy (non-hydrogen) atoms. The summed E-state index contributed by atoms with van der Waals surface area (Å²) in [5, 5.41) is 0. The van der Waals surface area contributed by atoms with E-state index >= 15 is 0 Å². The van der Waals surface area contributed by atoms with E-state index in [4.69, 9.17) is 0 Å². The number of hydrogen-bond acceptors (Lipinski definition) is 4. The normalized spacial score (nSPS) is 9.60. The van der Waals surface area contributed by atoms with Crippen LogP contribution in [0.4, 0.5) is 0 Å². The number of benzene rings is 1. The van der Waals surface area contributed by atoms with E-state index in [2.05, 4.69) is 16.1 Å². The van der Waals surface area contributed by atoms with Crippen molar-refractivity contribution in [3.8, 4) is 0 Å². The Morgan fingerprint density at radius 1 is 0.800 bits per heavy atom. The summed E-state index contributed by atoms with van der Waals surface area (Å²) in [6.07, 6.45) is 9.65. The summed E-state index contributed by atoms with van der Waals surface area (Å²) in [4.78, 5) is 27.2. The smallest absolute Gasteiger partial charge is 0.211 e. The molecule has 1 rings (SSSR count). The minimum atomic E-state index is 0.420. The van der Waals surface area contributed by atoms with Crippen LogP contribution in [0.25, 0.3) is 0 Å². The Balaban J connectivity index is 2.24. The highest BCUT2D eigenvalue weighted by Crippen LogP contribution is 2.14. The minimum absolute atomic E-state index is 0.420. The molecular formula is C16H20N2O2. The number of isocyanates is 2. The SMILES string of the molecule is O=C=NCCCCCCCc1ccccc1CN=C=O. The van der Waals surface area contributed by atoms with Gasteiger partial charge in [0, 0.05) is 0 Å². The topological polar surface area (TPSA) is 58.9 Å². The van der Waals surface area contributed by atoms with E-state index in [-0.39, 0.29) is 0 Å². The average molecular weight is 272 g/mol. The van der Waals surface area contributed by atoms with Crippen molar-refractivity contribution in [3.63, 3.8) is 0 Å². The molecule has 0 aliphatic heterocycles. The highest BCUT2D eigenvalue weighted by atomic mass is 16.1. The number of unbranched alkanes of at least 4 members (excludes halogenated alkanes) is 4. The second kappa shape index (κ2) is 10.9. The summed E-state index contributed by atoms with van der Waals surface area (Å²) in [6, 6.07) is 8.08. The van der Waals surface area contributed by atoms with Crippen LogP contribution in [0.3, 0.4) is 0 Å². The molecule has 1 aromatic carbocycles. The summed E-state index contributed by atoms with van der Waals surface area (Å²) in [5.74, 6) is 0. The monoisotopic (exact) mass is 272 g/mol. The molecule has 0 unspecified atom stereocenters. The molecule has 0 spiro atoms. The molecule has 0 aliphatic carbocycles. The van der Waals surface area contributed by atoms with Crippen LogP contribution in [0.5, 0.6) is 0 Å². The lowest BCUT2D eigenvalue weighted by atomic mass is 10.0. The van der Waals surface area contributed by atoms with Crippen molar-refractivity contribution < 1.29 is 9.59 Å². The van der Waals surface area contributed by atoms with Gasteiger partial charge in [0.15, 0.2) is 0 Å². The molecular weight excluding hydrogens is 252 g/mol. The second-order valence-corrected chi connectivity index (χ2v) is 4.67. The van der Waals surface area contributed by atoms with Crippen molar-refractivity contribution in [1.82, 2.24) is 0 Å². The first-order valence-electron chi connectivity index (χ1n) is 7.02. The standard InChI is InChI=1S/C16H20N2O2/c19-13-17-11-7-3-1-2-4-8-15-9-5-6-10-16(15)12-18-14-20/h5-6,9-10H,1-4,7-8,11-12H2. The Kier molecular flexibility index (Phi) is 8.71. The molecule has 0 amide bonds. The van der Waals surface area contributed by atoms with Crippen LogP contribution in [0.2, 0.25) is 0 Å². The number of hydrogen-bond donors (Lipinski definition) is 0. The summed E-state index contributed by atoms with van der Waals surface area (Å²) in [6.45, 7) is 1.01. The van der Waals surface area contributed by atoms with Crippen LogP contribution in [0.1, 0.15) is 43.2 Å². The number of aliphatic imine (C=N–C) groups is 2. The van der Waals surface area contributed by atoms with E-state index in [1.165, 1.54) is 5.56 Å². The third-order valence-corrected chi connectivity index (χ3v) is 3.21. The molecule has 0 atom stereocenters. The molecule has 0 heterocycles. The lowest BCUT2D eigenvalue weighted by molar-refractivity contribution is 0.560. The maximum absolute atomic E-state index is 10.2. The Hall–Kier alpha value is -2.02. The van der Waals surface area contributed by atoms with Gasteiger partial charge in [-0.1, -0.05) is 43.5 Å². The number of nitrogens with zero attached hydrogens (tertiary/aromatic N) is 2. The van der Waals surface area contributed by atoms with Crippen LogP contribution < -0.4 is 0 Å². The van der Waals surface area contributed by atoms with E-state index in [1.54, 1.807) is 12.2 Å². The first-order chi connectivity index (χ1) is 9.88. The molecule has 0 aliphatic rings. The van der Waals surface area contributed by atoms with Gasteiger partial charge in [0.05, 0.1) is 13.1 Å². The van der Waals surface area contributed by atoms with Crippen LogP contribution in [0, 0.1) is 0 Å². The fourth-order valence-electron chi connectivity index (χ4n) is 2.16. The average Bonchev–Trinajstić information content (AvgIpc) is 2.49. The summed E-state index contributed by atoms with van der Waals surface area (Å²) in [7, 11) is 0. The van der Waals surface area contributed by atoms with Gasteiger partial charge in [-0.3, -0.25) is 0 Å². The Morgan fingerprint density at radius 3 is 2.20 bits per heavy atom. The van der Waals surface area contributed by atoms with Gasteiger partial charge in [-0.05, 0) is 30.4 Å². The van der Waals surface area contributed by atoms with Crippen LogP contribution >= 0.6 is 0 Å². The molecule has 4 nitrogen and oxygen atoms in total. The van der Waals surface area contributed by atoms with Crippen LogP contribution in [0.15, 0.2) is 34.3 Å². The van der Waals surface area contributed by atoms with Crippen LogP contribution in [-0.2, 0) is 22.6 Å². The fourth-order valence-corrected chi connectivity index (χ4v) is 2.16. The zero-order valence-electron chi connectivity index (χ0n) is 11.7. The van der Waals surface area contributed by atoms with Crippen LogP contribution in [-0.4, -0.2) is 18.7 Å². The first-order valence-corrected chi connectivity index (χ1v) is 7.02. The Bertz CT molecular complexity index is 487. The minimum Gasteiger partial charge on any atom is -0.211 e. The van der Waals surface area contributed by atoms with Crippen molar-refractivity contribution in [2.45, 2.75) is 45.1 Å². The molecule has 4 heteroatoms. The van der Waals surface area contributed by atoms with Gasteiger partial charge >= 0.3 is 0 Å². The third kappa shape index (κ3) is 6.79. The van der Waals surface area contributed by atoms with Crippen molar-refractivity contribution in [1.29, 1.82) is 0 Å². The van der Waals surface area contributed by atoms with E-state index < -0.39 is 0 Å². The Labute approximate surface area is 119 Å². The van der Waals surface area contributed by atoms with E-state index in [0.29, 0.717) is 13.1 Å². The largest absolute Gasteiger partial charge is 0.235 e. The van der Waals surface area contributed by atoms with Gasteiger partial charge in [0.2, 0.25) is 12.2 Å². The summed E-state index contributed by atoms with van der Waals surface area (Å²) >= 11 is 0. The van der Waals surface area contributed by atoms with Crippen molar-refractivity contribution >= 4 is 12.2 Å². The van der Waals surface area contributed by atoms with Crippen molar-refractivity contribution in [2.75, 3.05) is 6.54 Å². The first kappa shape index (κ1) is 16.0. The van der Waals surface area contributed by atoms with E-state index in [1.807, 2.05) is 18.2 Å².